The second-order valence-corrected chi connectivity index (χ2v) is 12.4. The molecule has 1 nitrogen and oxygen atoms in total. The van der Waals surface area contributed by atoms with Crippen molar-refractivity contribution in [3.8, 4) is 11.1 Å². The molecule has 1 aliphatic carbocycles. The number of para-hydroxylation sites is 1. The first-order valence-corrected chi connectivity index (χ1v) is 14.8. The number of benzene rings is 6. The first-order chi connectivity index (χ1) is 19.1. The van der Waals surface area contributed by atoms with Crippen molar-refractivity contribution >= 4 is 43.7 Å². The van der Waals surface area contributed by atoms with E-state index < -0.39 is 0 Å². The summed E-state index contributed by atoms with van der Waals surface area (Å²) in [5, 5.41) is 8.14. The second-order valence-electron chi connectivity index (χ2n) is 12.4. The van der Waals surface area contributed by atoms with Crippen LogP contribution in [0.25, 0.3) is 43.4 Å². The average Bonchev–Trinajstić information content (AvgIpc) is 3.15. The number of nitrogens with zero attached hydrogens (tertiary/aromatic N) is 1. The van der Waals surface area contributed by atoms with Gasteiger partial charge in [-0.25, -0.2) is 0 Å². The van der Waals surface area contributed by atoms with Gasteiger partial charge in [0.2, 0.25) is 0 Å². The minimum atomic E-state index is 0.0540. The second kappa shape index (κ2) is 8.33. The van der Waals surface area contributed by atoms with Gasteiger partial charge in [-0.05, 0) is 93.0 Å². The van der Waals surface area contributed by atoms with Crippen LogP contribution in [0.5, 0.6) is 0 Å². The summed E-state index contributed by atoms with van der Waals surface area (Å²) in [5.41, 5.74) is 7.08. The molecular formula is C38H35N. The third-order valence-electron chi connectivity index (χ3n) is 10.5. The molecule has 1 aliphatic heterocycles. The SMILES string of the molecule is CC12CCCCCCC1(C)N(c1ccccc1)c1ccc(-c3ccc4ccc5cccc6ccc3c4c56)cc12. The molecule has 0 aromatic heterocycles. The molecule has 0 radical (unpaired) electrons. The Kier molecular flexibility index (Phi) is 4.93. The van der Waals surface area contributed by atoms with Crippen molar-refractivity contribution in [2.24, 2.45) is 0 Å². The molecule has 39 heavy (non-hydrogen) atoms. The molecule has 2 aliphatic rings. The molecule has 0 bridgehead atoms. The van der Waals surface area contributed by atoms with Gasteiger partial charge >= 0.3 is 0 Å². The quantitative estimate of drug-likeness (QED) is 0.212. The molecule has 0 amide bonds. The highest BCUT2D eigenvalue weighted by atomic mass is 15.2. The van der Waals surface area contributed by atoms with Gasteiger partial charge in [-0.3, -0.25) is 0 Å². The molecule has 0 spiro atoms. The molecule has 2 unspecified atom stereocenters. The Hall–Kier alpha value is -3.84. The van der Waals surface area contributed by atoms with E-state index in [0.717, 1.165) is 0 Å². The fourth-order valence-electron chi connectivity index (χ4n) is 8.22. The van der Waals surface area contributed by atoms with Crippen molar-refractivity contribution in [3.05, 3.63) is 109 Å². The summed E-state index contributed by atoms with van der Waals surface area (Å²) < 4.78 is 0. The number of hydrogen-bond donors (Lipinski definition) is 0. The number of hydrogen-bond acceptors (Lipinski definition) is 1. The van der Waals surface area contributed by atoms with E-state index in [-0.39, 0.29) is 11.0 Å². The zero-order valence-electron chi connectivity index (χ0n) is 23.0. The lowest BCUT2D eigenvalue weighted by molar-refractivity contribution is 0.218. The van der Waals surface area contributed by atoms with Crippen LogP contribution in [0.15, 0.2) is 103 Å². The minimum Gasteiger partial charge on any atom is -0.334 e. The van der Waals surface area contributed by atoms with Crippen molar-refractivity contribution in [2.45, 2.75) is 63.3 Å². The summed E-state index contributed by atoms with van der Waals surface area (Å²) in [5.74, 6) is 0. The summed E-state index contributed by atoms with van der Waals surface area (Å²) in [6, 6.07) is 39.1. The highest BCUT2D eigenvalue weighted by Gasteiger charge is 2.56. The predicted molar refractivity (Wildman–Crippen MR) is 168 cm³/mol. The number of anilines is 2. The largest absolute Gasteiger partial charge is 0.334 e. The van der Waals surface area contributed by atoms with Gasteiger partial charge in [0.25, 0.3) is 0 Å². The molecule has 8 rings (SSSR count). The lowest BCUT2D eigenvalue weighted by atomic mass is 9.63. The zero-order chi connectivity index (χ0) is 26.2. The fourth-order valence-corrected chi connectivity index (χ4v) is 8.22. The molecule has 192 valence electrons. The Labute approximate surface area is 231 Å². The standard InChI is InChI=1S/C38H35N/c1-37-23-8-3-4-9-24-38(37,2)39(30-13-6-5-7-14-30)34-22-19-29(25-33(34)37)31-20-17-28-16-15-26-11-10-12-27-18-21-32(31)36(28)35(26)27/h5-7,10-22,25H,3-4,8-9,23-24H2,1-2H3. The van der Waals surface area contributed by atoms with Crippen LogP contribution in [0, 0.1) is 0 Å². The van der Waals surface area contributed by atoms with Crippen LogP contribution < -0.4 is 4.90 Å². The highest BCUT2D eigenvalue weighted by molar-refractivity contribution is 6.25. The van der Waals surface area contributed by atoms with E-state index in [2.05, 4.69) is 122 Å². The molecule has 1 heteroatoms. The Bertz CT molecular complexity index is 1830. The maximum atomic E-state index is 2.70. The lowest BCUT2D eigenvalue weighted by Crippen LogP contribution is -2.53. The Morgan fingerprint density at radius 1 is 0.590 bits per heavy atom. The van der Waals surface area contributed by atoms with E-state index >= 15 is 0 Å². The van der Waals surface area contributed by atoms with Crippen LogP contribution in [0.1, 0.15) is 57.9 Å². The van der Waals surface area contributed by atoms with Gasteiger partial charge in [0.1, 0.15) is 0 Å². The van der Waals surface area contributed by atoms with Crippen molar-refractivity contribution in [1.29, 1.82) is 0 Å². The molecule has 1 fully saturated rings. The molecule has 0 saturated heterocycles. The van der Waals surface area contributed by atoms with Crippen molar-refractivity contribution in [2.75, 3.05) is 4.90 Å². The summed E-state index contributed by atoms with van der Waals surface area (Å²) in [6.45, 7) is 5.11. The van der Waals surface area contributed by atoms with Crippen LogP contribution >= 0.6 is 0 Å². The van der Waals surface area contributed by atoms with Crippen LogP contribution in [0.3, 0.4) is 0 Å². The minimum absolute atomic E-state index is 0.0540. The van der Waals surface area contributed by atoms with Gasteiger partial charge in [0, 0.05) is 16.8 Å². The molecule has 6 aromatic carbocycles. The number of fused-ring (bicyclic) bond motifs is 3. The van der Waals surface area contributed by atoms with Crippen molar-refractivity contribution in [1.82, 2.24) is 0 Å². The van der Waals surface area contributed by atoms with Gasteiger partial charge in [-0.2, -0.15) is 0 Å². The first-order valence-electron chi connectivity index (χ1n) is 14.8. The molecule has 1 saturated carbocycles. The van der Waals surface area contributed by atoms with E-state index in [1.807, 2.05) is 0 Å². The Morgan fingerprint density at radius 2 is 1.28 bits per heavy atom. The van der Waals surface area contributed by atoms with E-state index in [1.54, 1.807) is 0 Å². The maximum Gasteiger partial charge on any atom is 0.0517 e. The van der Waals surface area contributed by atoms with E-state index in [9.17, 15) is 0 Å². The van der Waals surface area contributed by atoms with Crippen molar-refractivity contribution < 1.29 is 0 Å². The molecule has 1 heterocycles. The zero-order valence-corrected chi connectivity index (χ0v) is 23.0. The van der Waals surface area contributed by atoms with Crippen LogP contribution in [-0.4, -0.2) is 5.54 Å². The predicted octanol–water partition coefficient (Wildman–Crippen LogP) is 10.8. The van der Waals surface area contributed by atoms with E-state index in [4.69, 9.17) is 0 Å². The van der Waals surface area contributed by atoms with Gasteiger partial charge in [-0.15, -0.1) is 0 Å². The fraction of sp³-hybridized carbons (Fsp3) is 0.263. The third-order valence-corrected chi connectivity index (χ3v) is 10.5. The smallest absolute Gasteiger partial charge is 0.0517 e. The third kappa shape index (κ3) is 3.13. The molecule has 2 atom stereocenters. The summed E-state index contributed by atoms with van der Waals surface area (Å²) in [4.78, 5) is 2.70. The molecule has 0 N–H and O–H groups in total. The van der Waals surface area contributed by atoms with Crippen molar-refractivity contribution in [3.63, 3.8) is 0 Å². The van der Waals surface area contributed by atoms with Crippen LogP contribution in [0.4, 0.5) is 11.4 Å². The van der Waals surface area contributed by atoms with Gasteiger partial charge < -0.3 is 4.90 Å². The van der Waals surface area contributed by atoms with Gasteiger partial charge in [-0.1, -0.05) is 111 Å². The average molecular weight is 506 g/mol. The van der Waals surface area contributed by atoms with E-state index in [0.29, 0.717) is 0 Å². The monoisotopic (exact) mass is 505 g/mol. The summed E-state index contributed by atoms with van der Waals surface area (Å²) >= 11 is 0. The maximum absolute atomic E-state index is 2.70. The highest BCUT2D eigenvalue weighted by Crippen LogP contribution is 2.60. The first kappa shape index (κ1) is 23.1. The normalized spacial score (nSPS) is 23.2. The summed E-state index contributed by atoms with van der Waals surface area (Å²) in [6.07, 6.45) is 7.75. The van der Waals surface area contributed by atoms with Crippen LogP contribution in [-0.2, 0) is 5.41 Å². The van der Waals surface area contributed by atoms with E-state index in [1.165, 1.54) is 98.9 Å². The molecule has 6 aromatic rings. The Morgan fingerprint density at radius 3 is 2.08 bits per heavy atom. The van der Waals surface area contributed by atoms with Gasteiger partial charge in [0.15, 0.2) is 0 Å². The lowest BCUT2D eigenvalue weighted by Gasteiger charge is -2.48. The van der Waals surface area contributed by atoms with Gasteiger partial charge in [0.05, 0.1) is 5.54 Å². The number of rotatable bonds is 2. The Balaban J connectivity index is 1.37. The van der Waals surface area contributed by atoms with Crippen LogP contribution in [0.2, 0.25) is 0 Å². The molecular weight excluding hydrogens is 470 g/mol. The summed E-state index contributed by atoms with van der Waals surface area (Å²) in [7, 11) is 0. The topological polar surface area (TPSA) is 3.24 Å².